The minimum absolute atomic E-state index is 0.264. The van der Waals surface area contributed by atoms with Gasteiger partial charge in [0.1, 0.15) is 18.2 Å². The maximum Gasteiger partial charge on any atom is 0.285 e. The van der Waals surface area contributed by atoms with Gasteiger partial charge < -0.3 is 4.74 Å². The third-order valence-electron chi connectivity index (χ3n) is 4.25. The second-order valence-electron chi connectivity index (χ2n) is 6.42. The van der Waals surface area contributed by atoms with Gasteiger partial charge in [0.25, 0.3) is 11.8 Å². The van der Waals surface area contributed by atoms with E-state index in [2.05, 4.69) is 5.43 Å². The van der Waals surface area contributed by atoms with E-state index < -0.39 is 0 Å². The van der Waals surface area contributed by atoms with E-state index in [0.717, 1.165) is 27.9 Å². The summed E-state index contributed by atoms with van der Waals surface area (Å²) in [6.45, 7) is 0.322. The minimum Gasteiger partial charge on any atom is -0.489 e. The number of thioether (sulfide) groups is 1. The van der Waals surface area contributed by atoms with E-state index in [-0.39, 0.29) is 22.0 Å². The summed E-state index contributed by atoms with van der Waals surface area (Å²) >= 11 is 7.65. The lowest BCUT2D eigenvalue weighted by atomic mass is 10.2. The fraction of sp³-hybridized carbons (Fsp3) is 0.0455. The van der Waals surface area contributed by atoms with Crippen molar-refractivity contribution in [1.82, 2.24) is 10.4 Å². The van der Waals surface area contributed by atoms with Crippen molar-refractivity contribution < 1.29 is 18.7 Å². The number of carbonyl (C=O) groups excluding carboxylic acids is 2. The first-order chi connectivity index (χ1) is 15.0. The van der Waals surface area contributed by atoms with Gasteiger partial charge in [-0.15, -0.1) is 11.3 Å². The van der Waals surface area contributed by atoms with Gasteiger partial charge >= 0.3 is 0 Å². The maximum absolute atomic E-state index is 13.0. The zero-order chi connectivity index (χ0) is 21.8. The highest BCUT2D eigenvalue weighted by molar-refractivity contribution is 8.26. The Kier molecular flexibility index (Phi) is 6.45. The number of halogens is 1. The Morgan fingerprint density at radius 3 is 2.55 bits per heavy atom. The molecule has 1 aliphatic heterocycles. The van der Waals surface area contributed by atoms with Gasteiger partial charge in [-0.05, 0) is 65.1 Å². The van der Waals surface area contributed by atoms with Crippen LogP contribution >= 0.6 is 35.3 Å². The van der Waals surface area contributed by atoms with Crippen molar-refractivity contribution in [3.05, 3.63) is 92.8 Å². The molecule has 1 aromatic heterocycles. The molecule has 1 N–H and O–H groups in total. The molecule has 0 unspecified atom stereocenters. The molecule has 1 saturated heterocycles. The number of hydrogen-bond acceptors (Lipinski definition) is 6. The highest BCUT2D eigenvalue weighted by Crippen LogP contribution is 2.32. The van der Waals surface area contributed by atoms with E-state index in [1.807, 2.05) is 12.1 Å². The fourth-order valence-electron chi connectivity index (χ4n) is 2.69. The predicted octanol–water partition coefficient (Wildman–Crippen LogP) is 5.01. The molecule has 0 atom stereocenters. The average Bonchev–Trinajstić information content (AvgIpc) is 3.39. The molecule has 0 bridgehead atoms. The Morgan fingerprint density at radius 1 is 1.13 bits per heavy atom. The molecule has 3 aromatic rings. The van der Waals surface area contributed by atoms with Crippen LogP contribution in [0.5, 0.6) is 5.75 Å². The first-order valence-corrected chi connectivity index (χ1v) is 11.2. The molecule has 5 nitrogen and oxygen atoms in total. The standard InChI is InChI=1S/C22H15FN2O3S3/c23-16-7-3-15(4-8-16)13-28-17-9-5-14(6-10-17)12-19-21(27)25(22(29)31-19)24-20(26)18-2-1-11-30-18/h1-12H,13H2,(H,24,26)/b19-12-. The van der Waals surface area contributed by atoms with Crippen LogP contribution < -0.4 is 10.2 Å². The SMILES string of the molecule is O=C(NN1C(=O)/C(=C/c2ccc(OCc3ccc(F)cc3)cc2)SC1=S)c1cccs1. The topological polar surface area (TPSA) is 58.6 Å². The zero-order valence-corrected chi connectivity index (χ0v) is 18.4. The molecule has 2 heterocycles. The zero-order valence-electron chi connectivity index (χ0n) is 15.9. The number of rotatable bonds is 6. The summed E-state index contributed by atoms with van der Waals surface area (Å²) in [7, 11) is 0. The smallest absolute Gasteiger partial charge is 0.285 e. The number of hydrazine groups is 1. The van der Waals surface area contributed by atoms with Gasteiger partial charge in [-0.2, -0.15) is 5.01 Å². The summed E-state index contributed by atoms with van der Waals surface area (Å²) < 4.78 is 18.9. The second kappa shape index (κ2) is 9.42. The summed E-state index contributed by atoms with van der Waals surface area (Å²) in [5, 5.41) is 2.88. The van der Waals surface area contributed by atoms with E-state index >= 15 is 0 Å². The molecule has 2 aromatic carbocycles. The van der Waals surface area contributed by atoms with Crippen LogP contribution in [0.15, 0.2) is 70.9 Å². The lowest BCUT2D eigenvalue weighted by Gasteiger charge is -2.14. The molecule has 0 saturated carbocycles. The Balaban J connectivity index is 1.38. The molecule has 156 valence electrons. The largest absolute Gasteiger partial charge is 0.489 e. The summed E-state index contributed by atoms with van der Waals surface area (Å²) in [6, 6.07) is 16.8. The van der Waals surface area contributed by atoms with E-state index in [1.165, 1.54) is 23.5 Å². The third-order valence-corrected chi connectivity index (χ3v) is 6.42. The van der Waals surface area contributed by atoms with Crippen LogP contribution in [0, 0.1) is 5.82 Å². The number of amides is 2. The molecule has 2 amide bonds. The summed E-state index contributed by atoms with van der Waals surface area (Å²) in [4.78, 5) is 25.8. The molecule has 4 rings (SSSR count). The number of nitrogens with one attached hydrogen (secondary N) is 1. The maximum atomic E-state index is 13.0. The molecule has 0 aliphatic carbocycles. The van der Waals surface area contributed by atoms with Gasteiger partial charge in [0.05, 0.1) is 9.78 Å². The van der Waals surface area contributed by atoms with Gasteiger partial charge in [-0.1, -0.05) is 42.1 Å². The highest BCUT2D eigenvalue weighted by Gasteiger charge is 2.33. The third kappa shape index (κ3) is 5.19. The first kappa shape index (κ1) is 21.2. The Morgan fingerprint density at radius 2 is 1.87 bits per heavy atom. The number of thiocarbonyl (C=S) groups is 1. The number of ether oxygens (including phenoxy) is 1. The quantitative estimate of drug-likeness (QED) is 0.405. The predicted molar refractivity (Wildman–Crippen MR) is 124 cm³/mol. The lowest BCUT2D eigenvalue weighted by molar-refractivity contribution is -0.123. The van der Waals surface area contributed by atoms with Crippen molar-refractivity contribution in [2.75, 3.05) is 0 Å². The summed E-state index contributed by atoms with van der Waals surface area (Å²) in [6.07, 6.45) is 1.71. The Labute approximate surface area is 191 Å². The van der Waals surface area contributed by atoms with Crippen LogP contribution in [-0.4, -0.2) is 21.1 Å². The van der Waals surface area contributed by atoms with Crippen molar-refractivity contribution in [1.29, 1.82) is 0 Å². The Bertz CT molecular complexity index is 1140. The van der Waals surface area contributed by atoms with Crippen molar-refractivity contribution in [3.63, 3.8) is 0 Å². The number of benzene rings is 2. The molecule has 9 heteroatoms. The molecule has 0 spiro atoms. The molecule has 1 aliphatic rings. The number of carbonyl (C=O) groups is 2. The number of hydrogen-bond donors (Lipinski definition) is 1. The second-order valence-corrected chi connectivity index (χ2v) is 9.04. The van der Waals surface area contributed by atoms with Gasteiger partial charge in [0.2, 0.25) is 0 Å². The molecule has 31 heavy (non-hydrogen) atoms. The molecule has 0 radical (unpaired) electrons. The summed E-state index contributed by atoms with van der Waals surface area (Å²) in [5.41, 5.74) is 4.20. The van der Waals surface area contributed by atoms with Crippen molar-refractivity contribution in [3.8, 4) is 5.75 Å². The highest BCUT2D eigenvalue weighted by atomic mass is 32.2. The molecular weight excluding hydrogens is 455 g/mol. The van der Waals surface area contributed by atoms with Crippen LogP contribution in [-0.2, 0) is 11.4 Å². The van der Waals surface area contributed by atoms with Crippen LogP contribution in [0.3, 0.4) is 0 Å². The summed E-state index contributed by atoms with van der Waals surface area (Å²) in [5.74, 6) is -0.395. The van der Waals surface area contributed by atoms with Crippen LogP contribution in [0.2, 0.25) is 0 Å². The van der Waals surface area contributed by atoms with Gasteiger partial charge in [-0.3, -0.25) is 15.0 Å². The number of nitrogens with zero attached hydrogens (tertiary/aromatic N) is 1. The average molecular weight is 471 g/mol. The first-order valence-electron chi connectivity index (χ1n) is 9.09. The van der Waals surface area contributed by atoms with Gasteiger partial charge in [-0.25, -0.2) is 4.39 Å². The van der Waals surface area contributed by atoms with Crippen LogP contribution in [0.1, 0.15) is 20.8 Å². The van der Waals surface area contributed by atoms with E-state index in [1.54, 1.807) is 47.9 Å². The van der Waals surface area contributed by atoms with Crippen LogP contribution in [0.25, 0.3) is 6.08 Å². The fourth-order valence-corrected chi connectivity index (χ4v) is 4.48. The Hall–Kier alpha value is -3.01. The van der Waals surface area contributed by atoms with E-state index in [9.17, 15) is 14.0 Å². The molecular formula is C22H15FN2O3S3. The normalized spacial score (nSPS) is 14.9. The van der Waals surface area contributed by atoms with Crippen molar-refractivity contribution in [2.45, 2.75) is 6.61 Å². The molecule has 1 fully saturated rings. The monoisotopic (exact) mass is 470 g/mol. The van der Waals surface area contributed by atoms with E-state index in [0.29, 0.717) is 22.1 Å². The van der Waals surface area contributed by atoms with Crippen molar-refractivity contribution >= 4 is 57.5 Å². The van der Waals surface area contributed by atoms with Crippen molar-refractivity contribution in [2.24, 2.45) is 0 Å². The lowest BCUT2D eigenvalue weighted by Crippen LogP contribution is -2.44. The van der Waals surface area contributed by atoms with E-state index in [4.69, 9.17) is 17.0 Å². The van der Waals surface area contributed by atoms with Gasteiger partial charge in [0, 0.05) is 0 Å². The van der Waals surface area contributed by atoms with Gasteiger partial charge in [0.15, 0.2) is 4.32 Å². The van der Waals surface area contributed by atoms with Crippen LogP contribution in [0.4, 0.5) is 4.39 Å². The minimum atomic E-state index is -0.379. The number of thiophene rings is 1.